The monoisotopic (exact) mass is 272 g/mol. The number of benzene rings is 1. The Kier molecular flexibility index (Phi) is 4.50. The number of hydrogen-bond donors (Lipinski definition) is 1. The molecule has 19 heavy (non-hydrogen) atoms. The minimum Gasteiger partial charge on any atom is -0.496 e. The molecule has 0 atom stereocenters. The maximum absolute atomic E-state index is 13.0. The Hall–Kier alpha value is -1.65. The number of alkyl halides is 2. The molecule has 0 amide bonds. The molecule has 1 aromatic carbocycles. The fourth-order valence-corrected chi connectivity index (χ4v) is 1.97. The normalized spacial score (nSPS) is 11.7. The van der Waals surface area contributed by atoms with E-state index in [1.165, 1.54) is 13.2 Å². The van der Waals surface area contributed by atoms with Gasteiger partial charge in [-0.25, -0.2) is 8.78 Å². The number of methoxy groups -OCH3 is 1. The van der Waals surface area contributed by atoms with Gasteiger partial charge in [0.05, 0.1) is 18.1 Å². The summed E-state index contributed by atoms with van der Waals surface area (Å²) in [5.41, 5.74) is -0.0864. The molecule has 0 bridgehead atoms. The lowest BCUT2D eigenvalue weighted by Gasteiger charge is -2.22. The van der Waals surface area contributed by atoms with Gasteiger partial charge in [-0.1, -0.05) is 11.6 Å². The van der Waals surface area contributed by atoms with Crippen LogP contribution in [-0.4, -0.2) is 18.2 Å². The number of aryl methyl sites for hydroxylation is 1. The van der Waals surface area contributed by atoms with E-state index >= 15 is 0 Å². The molecule has 0 saturated heterocycles. The number of ether oxygens (including phenoxy) is 1. The zero-order chi connectivity index (χ0) is 14.8. The van der Waals surface area contributed by atoms with Gasteiger partial charge in [0, 0.05) is 0 Å². The summed E-state index contributed by atoms with van der Waals surface area (Å²) in [5.74, 6) is -0.899. The molecule has 0 heterocycles. The molecule has 0 radical (unpaired) electrons. The second-order valence-electron chi connectivity index (χ2n) is 5.21. The maximum Gasteiger partial charge on any atom is 0.309 e. The fourth-order valence-electron chi connectivity index (χ4n) is 1.97. The SMILES string of the molecule is COc1c(CC(C)(C)C(=O)O)cc(C)cc1C(F)F. The van der Waals surface area contributed by atoms with Gasteiger partial charge in [0.15, 0.2) is 0 Å². The van der Waals surface area contributed by atoms with Crippen LogP contribution in [0.4, 0.5) is 8.78 Å². The van der Waals surface area contributed by atoms with Gasteiger partial charge in [0.25, 0.3) is 6.43 Å². The van der Waals surface area contributed by atoms with Crippen molar-refractivity contribution in [1.29, 1.82) is 0 Å². The van der Waals surface area contributed by atoms with Crippen molar-refractivity contribution in [3.8, 4) is 5.75 Å². The predicted molar refractivity (Wildman–Crippen MR) is 67.8 cm³/mol. The molecule has 0 saturated carbocycles. The first-order valence-corrected chi connectivity index (χ1v) is 5.88. The minimum absolute atomic E-state index is 0.0786. The summed E-state index contributed by atoms with van der Waals surface area (Å²) >= 11 is 0. The van der Waals surface area contributed by atoms with Crippen LogP contribution in [0.15, 0.2) is 12.1 Å². The summed E-state index contributed by atoms with van der Waals surface area (Å²) in [6, 6.07) is 3.05. The van der Waals surface area contributed by atoms with Gasteiger partial charge < -0.3 is 9.84 Å². The van der Waals surface area contributed by atoms with E-state index in [1.807, 2.05) is 0 Å². The highest BCUT2D eigenvalue weighted by Gasteiger charge is 2.30. The highest BCUT2D eigenvalue weighted by atomic mass is 19.3. The molecule has 1 rings (SSSR count). The summed E-state index contributed by atoms with van der Waals surface area (Å²) in [7, 11) is 1.31. The lowest BCUT2D eigenvalue weighted by atomic mass is 9.84. The third kappa shape index (κ3) is 3.43. The minimum atomic E-state index is -2.65. The highest BCUT2D eigenvalue weighted by molar-refractivity contribution is 5.74. The Balaban J connectivity index is 3.31. The summed E-state index contributed by atoms with van der Waals surface area (Å²) in [5, 5.41) is 9.12. The maximum atomic E-state index is 13.0. The smallest absolute Gasteiger partial charge is 0.309 e. The fraction of sp³-hybridized carbons (Fsp3) is 0.500. The molecule has 0 fully saturated rings. The first-order valence-electron chi connectivity index (χ1n) is 5.88. The molecule has 0 aliphatic heterocycles. The van der Waals surface area contributed by atoms with E-state index in [4.69, 9.17) is 9.84 Å². The van der Waals surface area contributed by atoms with Gasteiger partial charge in [-0.05, 0) is 38.8 Å². The van der Waals surface area contributed by atoms with E-state index in [0.29, 0.717) is 11.1 Å². The third-order valence-electron chi connectivity index (χ3n) is 2.99. The Morgan fingerprint density at radius 2 is 2.00 bits per heavy atom. The zero-order valence-electron chi connectivity index (χ0n) is 11.5. The number of carboxylic acids is 1. The standard InChI is InChI=1S/C14H18F2O3/c1-8-5-9(7-14(2,3)13(17)18)11(19-4)10(6-8)12(15)16/h5-6,12H,7H2,1-4H3,(H,17,18). The van der Waals surface area contributed by atoms with Crippen molar-refractivity contribution in [2.75, 3.05) is 7.11 Å². The Morgan fingerprint density at radius 3 is 2.42 bits per heavy atom. The van der Waals surface area contributed by atoms with Crippen LogP contribution in [0.1, 0.15) is 37.0 Å². The van der Waals surface area contributed by atoms with Crippen molar-refractivity contribution in [3.05, 3.63) is 28.8 Å². The Morgan fingerprint density at radius 1 is 1.42 bits per heavy atom. The molecule has 0 aliphatic carbocycles. The van der Waals surface area contributed by atoms with Crippen molar-refractivity contribution in [2.45, 2.75) is 33.6 Å². The van der Waals surface area contributed by atoms with E-state index in [1.54, 1.807) is 26.8 Å². The van der Waals surface area contributed by atoms with Crippen LogP contribution in [0.3, 0.4) is 0 Å². The molecular weight excluding hydrogens is 254 g/mol. The number of halogens is 2. The molecule has 3 nitrogen and oxygen atoms in total. The zero-order valence-corrected chi connectivity index (χ0v) is 11.5. The van der Waals surface area contributed by atoms with Crippen LogP contribution in [0.2, 0.25) is 0 Å². The van der Waals surface area contributed by atoms with Crippen LogP contribution in [0, 0.1) is 12.3 Å². The van der Waals surface area contributed by atoms with Crippen molar-refractivity contribution >= 4 is 5.97 Å². The quantitative estimate of drug-likeness (QED) is 0.891. The molecule has 0 aliphatic rings. The van der Waals surface area contributed by atoms with Crippen molar-refractivity contribution in [1.82, 2.24) is 0 Å². The molecule has 0 unspecified atom stereocenters. The van der Waals surface area contributed by atoms with Gasteiger partial charge in [-0.15, -0.1) is 0 Å². The van der Waals surface area contributed by atoms with Gasteiger partial charge in [-0.3, -0.25) is 4.79 Å². The first-order chi connectivity index (χ1) is 8.69. The second kappa shape index (κ2) is 5.55. The molecule has 1 N–H and O–H groups in total. The highest BCUT2D eigenvalue weighted by Crippen LogP contribution is 2.36. The number of aliphatic carboxylic acids is 1. The summed E-state index contributed by atoms with van der Waals surface area (Å²) in [6.07, 6.45) is -2.52. The van der Waals surface area contributed by atoms with E-state index in [2.05, 4.69) is 0 Å². The topological polar surface area (TPSA) is 46.5 Å². The van der Waals surface area contributed by atoms with E-state index < -0.39 is 17.8 Å². The number of carbonyl (C=O) groups is 1. The predicted octanol–water partition coefficient (Wildman–Crippen LogP) is 3.59. The van der Waals surface area contributed by atoms with Crippen LogP contribution in [-0.2, 0) is 11.2 Å². The summed E-state index contributed by atoms with van der Waals surface area (Å²) in [6.45, 7) is 4.81. The second-order valence-corrected chi connectivity index (χ2v) is 5.21. The largest absolute Gasteiger partial charge is 0.496 e. The van der Waals surface area contributed by atoms with Gasteiger partial charge in [0.2, 0.25) is 0 Å². The molecule has 1 aromatic rings. The van der Waals surface area contributed by atoms with Crippen molar-refractivity contribution in [3.63, 3.8) is 0 Å². The van der Waals surface area contributed by atoms with Gasteiger partial charge >= 0.3 is 5.97 Å². The first kappa shape index (κ1) is 15.4. The number of hydrogen-bond acceptors (Lipinski definition) is 2. The van der Waals surface area contributed by atoms with E-state index in [-0.39, 0.29) is 17.7 Å². The van der Waals surface area contributed by atoms with Crippen LogP contribution < -0.4 is 4.74 Å². The van der Waals surface area contributed by atoms with Crippen molar-refractivity contribution in [2.24, 2.45) is 5.41 Å². The average molecular weight is 272 g/mol. The third-order valence-corrected chi connectivity index (χ3v) is 2.99. The molecular formula is C14H18F2O3. The number of rotatable bonds is 5. The molecule has 0 spiro atoms. The lowest BCUT2D eigenvalue weighted by molar-refractivity contribution is -0.146. The average Bonchev–Trinajstić information content (AvgIpc) is 2.27. The number of carboxylic acid groups (broad SMARTS) is 1. The summed E-state index contributed by atoms with van der Waals surface area (Å²) in [4.78, 5) is 11.1. The molecule has 5 heteroatoms. The van der Waals surface area contributed by atoms with Gasteiger partial charge in [0.1, 0.15) is 5.75 Å². The van der Waals surface area contributed by atoms with Crippen LogP contribution >= 0.6 is 0 Å². The van der Waals surface area contributed by atoms with Crippen molar-refractivity contribution < 1.29 is 23.4 Å². The Labute approximate surface area is 111 Å². The van der Waals surface area contributed by atoms with Crippen LogP contribution in [0.5, 0.6) is 5.75 Å². The molecule has 0 aromatic heterocycles. The van der Waals surface area contributed by atoms with E-state index in [9.17, 15) is 13.6 Å². The summed E-state index contributed by atoms with van der Waals surface area (Å²) < 4.78 is 31.0. The lowest BCUT2D eigenvalue weighted by Crippen LogP contribution is -2.26. The Bertz CT molecular complexity index is 482. The van der Waals surface area contributed by atoms with Gasteiger partial charge in [-0.2, -0.15) is 0 Å². The molecule has 106 valence electrons. The van der Waals surface area contributed by atoms with E-state index in [0.717, 1.165) is 0 Å². The van der Waals surface area contributed by atoms with Crippen LogP contribution in [0.25, 0.3) is 0 Å².